The third-order valence-electron chi connectivity index (χ3n) is 4.47. The van der Waals surface area contributed by atoms with E-state index in [1.54, 1.807) is 0 Å². The van der Waals surface area contributed by atoms with Crippen LogP contribution in [0, 0.1) is 5.92 Å². The summed E-state index contributed by atoms with van der Waals surface area (Å²) >= 11 is 0. The molecule has 1 fully saturated rings. The van der Waals surface area contributed by atoms with Crippen LogP contribution in [0.2, 0.25) is 0 Å². The number of aryl methyl sites for hydroxylation is 1. The first-order chi connectivity index (χ1) is 10.3. The van der Waals surface area contributed by atoms with Gasteiger partial charge in [-0.1, -0.05) is 26.2 Å². The van der Waals surface area contributed by atoms with Gasteiger partial charge in [0.15, 0.2) is 0 Å². The molecule has 1 N–H and O–H groups in total. The molecule has 2 rings (SSSR count). The Morgan fingerprint density at radius 3 is 2.67 bits per heavy atom. The highest BCUT2D eigenvalue weighted by molar-refractivity contribution is 5.09. The number of aromatic nitrogens is 2. The smallest absolute Gasteiger partial charge is 0.0820 e. The summed E-state index contributed by atoms with van der Waals surface area (Å²) in [6.45, 7) is 6.10. The van der Waals surface area contributed by atoms with E-state index < -0.39 is 0 Å². The van der Waals surface area contributed by atoms with E-state index in [9.17, 15) is 0 Å². The lowest BCUT2D eigenvalue weighted by Crippen LogP contribution is -2.40. The van der Waals surface area contributed by atoms with Crippen molar-refractivity contribution in [3.8, 4) is 0 Å². The molecule has 0 radical (unpaired) electrons. The van der Waals surface area contributed by atoms with Gasteiger partial charge in [-0.25, -0.2) is 0 Å². The number of rotatable bonds is 8. The summed E-state index contributed by atoms with van der Waals surface area (Å²) in [5.74, 6) is 0.662. The average Bonchev–Trinajstić information content (AvgIpc) is 2.94. The molecule has 0 bridgehead atoms. The van der Waals surface area contributed by atoms with Crippen molar-refractivity contribution in [2.24, 2.45) is 13.0 Å². The van der Waals surface area contributed by atoms with Crippen molar-refractivity contribution in [2.75, 3.05) is 13.2 Å². The minimum absolute atomic E-state index is 0.217. The second-order valence-corrected chi connectivity index (χ2v) is 6.16. The zero-order chi connectivity index (χ0) is 15.1. The second kappa shape index (κ2) is 8.54. The molecule has 1 aliphatic rings. The number of nitrogens with one attached hydrogen (secondary N) is 1. The van der Waals surface area contributed by atoms with Gasteiger partial charge in [-0.05, 0) is 44.7 Å². The van der Waals surface area contributed by atoms with Gasteiger partial charge in [-0.2, -0.15) is 5.10 Å². The van der Waals surface area contributed by atoms with Crippen molar-refractivity contribution in [1.82, 2.24) is 15.1 Å². The van der Waals surface area contributed by atoms with E-state index in [1.807, 2.05) is 17.9 Å². The van der Waals surface area contributed by atoms with Gasteiger partial charge in [-0.15, -0.1) is 0 Å². The zero-order valence-corrected chi connectivity index (χ0v) is 13.8. The van der Waals surface area contributed by atoms with E-state index in [2.05, 4.69) is 30.3 Å². The lowest BCUT2D eigenvalue weighted by atomic mass is 9.81. The summed E-state index contributed by atoms with van der Waals surface area (Å²) < 4.78 is 8.08. The van der Waals surface area contributed by atoms with E-state index in [0.29, 0.717) is 5.92 Å². The molecule has 1 heterocycles. The van der Waals surface area contributed by atoms with E-state index in [0.717, 1.165) is 25.3 Å². The van der Waals surface area contributed by atoms with Crippen LogP contribution in [0.3, 0.4) is 0 Å². The maximum Gasteiger partial charge on any atom is 0.0820 e. The van der Waals surface area contributed by atoms with Crippen molar-refractivity contribution < 1.29 is 4.74 Å². The maximum atomic E-state index is 6.19. The third kappa shape index (κ3) is 4.55. The lowest BCUT2D eigenvalue weighted by Gasteiger charge is -2.35. The molecular formula is C17H31N3O. The van der Waals surface area contributed by atoms with Crippen LogP contribution in [0.15, 0.2) is 12.3 Å². The molecule has 0 spiro atoms. The molecule has 1 saturated carbocycles. The van der Waals surface area contributed by atoms with E-state index in [-0.39, 0.29) is 12.1 Å². The molecule has 1 aliphatic carbocycles. The highest BCUT2D eigenvalue weighted by atomic mass is 16.5. The first-order valence-corrected chi connectivity index (χ1v) is 8.60. The minimum Gasteiger partial charge on any atom is -0.376 e. The number of ether oxygens (including phenoxy) is 1. The van der Waals surface area contributed by atoms with Crippen molar-refractivity contribution in [3.63, 3.8) is 0 Å². The average molecular weight is 293 g/mol. The molecule has 1 aromatic heterocycles. The maximum absolute atomic E-state index is 6.19. The van der Waals surface area contributed by atoms with Crippen LogP contribution < -0.4 is 5.32 Å². The Balaban J connectivity index is 2.16. The molecule has 4 nitrogen and oxygen atoms in total. The Morgan fingerprint density at radius 2 is 2.10 bits per heavy atom. The first-order valence-electron chi connectivity index (χ1n) is 8.60. The largest absolute Gasteiger partial charge is 0.376 e. The Bertz CT molecular complexity index is 398. The van der Waals surface area contributed by atoms with Crippen LogP contribution in [0.25, 0.3) is 0 Å². The molecule has 0 amide bonds. The molecule has 1 aromatic rings. The van der Waals surface area contributed by atoms with E-state index in [4.69, 9.17) is 4.74 Å². The molecule has 0 aromatic carbocycles. The minimum atomic E-state index is 0.217. The molecule has 0 aliphatic heterocycles. The van der Waals surface area contributed by atoms with Crippen LogP contribution in [0.1, 0.15) is 64.1 Å². The SMILES string of the molecule is CCCNC(c1ccn(C)n1)C(OCC)C1CCCCC1. The Kier molecular flexibility index (Phi) is 6.71. The molecule has 2 atom stereocenters. The highest BCUT2D eigenvalue weighted by Gasteiger charge is 2.33. The molecule has 120 valence electrons. The predicted octanol–water partition coefficient (Wildman–Crippen LogP) is 3.45. The normalized spacial score (nSPS) is 19.6. The number of hydrogen-bond donors (Lipinski definition) is 1. The van der Waals surface area contributed by atoms with Gasteiger partial charge in [0.25, 0.3) is 0 Å². The standard InChI is InChI=1S/C17H31N3O/c1-4-12-18-16(15-11-13-20(3)19-15)17(21-5-2)14-9-7-6-8-10-14/h11,13-14,16-18H,4-10,12H2,1-3H3. The van der Waals surface area contributed by atoms with Crippen molar-refractivity contribution in [2.45, 2.75) is 64.5 Å². The van der Waals surface area contributed by atoms with Gasteiger partial charge < -0.3 is 10.1 Å². The molecule has 4 heteroatoms. The predicted molar refractivity (Wildman–Crippen MR) is 86.2 cm³/mol. The van der Waals surface area contributed by atoms with Crippen LogP contribution >= 0.6 is 0 Å². The highest BCUT2D eigenvalue weighted by Crippen LogP contribution is 2.34. The summed E-state index contributed by atoms with van der Waals surface area (Å²) in [5, 5.41) is 8.32. The fraction of sp³-hybridized carbons (Fsp3) is 0.824. The second-order valence-electron chi connectivity index (χ2n) is 6.16. The molecule has 0 saturated heterocycles. The Labute approximate surface area is 129 Å². The molecule has 21 heavy (non-hydrogen) atoms. The van der Waals surface area contributed by atoms with Crippen LogP contribution in [0.5, 0.6) is 0 Å². The summed E-state index contributed by atoms with van der Waals surface area (Å²) in [7, 11) is 1.98. The summed E-state index contributed by atoms with van der Waals surface area (Å²) in [4.78, 5) is 0. The van der Waals surface area contributed by atoms with Gasteiger partial charge >= 0.3 is 0 Å². The van der Waals surface area contributed by atoms with Crippen LogP contribution in [-0.4, -0.2) is 29.0 Å². The molecule has 2 unspecified atom stereocenters. The van der Waals surface area contributed by atoms with Crippen molar-refractivity contribution in [3.05, 3.63) is 18.0 Å². The zero-order valence-electron chi connectivity index (χ0n) is 13.8. The van der Waals surface area contributed by atoms with E-state index >= 15 is 0 Å². The van der Waals surface area contributed by atoms with Crippen LogP contribution in [0.4, 0.5) is 0 Å². The fourth-order valence-electron chi connectivity index (χ4n) is 3.45. The fourth-order valence-corrected chi connectivity index (χ4v) is 3.45. The number of hydrogen-bond acceptors (Lipinski definition) is 3. The topological polar surface area (TPSA) is 39.1 Å². The van der Waals surface area contributed by atoms with Gasteiger partial charge in [-0.3, -0.25) is 4.68 Å². The Hall–Kier alpha value is -0.870. The molecular weight excluding hydrogens is 262 g/mol. The summed E-state index contributed by atoms with van der Waals surface area (Å²) in [5.41, 5.74) is 1.12. The quantitative estimate of drug-likeness (QED) is 0.798. The Morgan fingerprint density at radius 1 is 1.33 bits per heavy atom. The van der Waals surface area contributed by atoms with Gasteiger partial charge in [0.2, 0.25) is 0 Å². The van der Waals surface area contributed by atoms with Gasteiger partial charge in [0, 0.05) is 19.9 Å². The van der Waals surface area contributed by atoms with Crippen molar-refractivity contribution in [1.29, 1.82) is 0 Å². The van der Waals surface area contributed by atoms with Crippen LogP contribution in [-0.2, 0) is 11.8 Å². The number of nitrogens with zero attached hydrogens (tertiary/aromatic N) is 2. The third-order valence-corrected chi connectivity index (χ3v) is 4.47. The van der Waals surface area contributed by atoms with E-state index in [1.165, 1.54) is 32.1 Å². The van der Waals surface area contributed by atoms with Gasteiger partial charge in [0.05, 0.1) is 17.8 Å². The summed E-state index contributed by atoms with van der Waals surface area (Å²) in [6, 6.07) is 2.34. The lowest BCUT2D eigenvalue weighted by molar-refractivity contribution is -0.0193. The monoisotopic (exact) mass is 293 g/mol. The van der Waals surface area contributed by atoms with Crippen molar-refractivity contribution >= 4 is 0 Å². The summed E-state index contributed by atoms with van der Waals surface area (Å²) in [6.07, 6.45) is 10.1. The van der Waals surface area contributed by atoms with Gasteiger partial charge in [0.1, 0.15) is 0 Å². The first kappa shape index (κ1) is 16.5.